The van der Waals surface area contributed by atoms with Crippen molar-refractivity contribution in [2.45, 2.75) is 34.2 Å². The number of hydrogen-bond donors (Lipinski definition) is 1. The Bertz CT molecular complexity index is 367. The highest BCUT2D eigenvalue weighted by atomic mass is 35.5. The fraction of sp³-hybridized carbons (Fsp3) is 0.643. The van der Waals surface area contributed by atoms with Gasteiger partial charge >= 0.3 is 0 Å². The first-order valence-electron chi connectivity index (χ1n) is 6.48. The van der Waals surface area contributed by atoms with Gasteiger partial charge in [0, 0.05) is 12.6 Å². The molecule has 1 aromatic rings. The van der Waals surface area contributed by atoms with Gasteiger partial charge in [0.15, 0.2) is 0 Å². The fourth-order valence-electron chi connectivity index (χ4n) is 1.40. The lowest BCUT2D eigenvalue weighted by atomic mass is 10.2. The molecule has 0 spiro atoms. The Kier molecular flexibility index (Phi) is 6.44. The maximum absolute atomic E-state index is 6.12. The van der Waals surface area contributed by atoms with E-state index in [-0.39, 0.29) is 0 Å². The van der Waals surface area contributed by atoms with Crippen LogP contribution in [0, 0.1) is 11.8 Å². The second-order valence-electron chi connectivity index (χ2n) is 5.31. The van der Waals surface area contributed by atoms with Gasteiger partial charge in [-0.3, -0.25) is 0 Å². The Morgan fingerprint density at radius 1 is 1.22 bits per heavy atom. The second kappa shape index (κ2) is 7.59. The molecule has 0 aliphatic carbocycles. The monoisotopic (exact) mass is 270 g/mol. The molecule has 0 aliphatic heterocycles. The number of hydrogen-bond acceptors (Lipinski definition) is 3. The number of nitrogens with zero attached hydrogens (tertiary/aromatic N) is 1. The summed E-state index contributed by atoms with van der Waals surface area (Å²) in [6.07, 6.45) is 0. The third-order valence-electron chi connectivity index (χ3n) is 2.30. The summed E-state index contributed by atoms with van der Waals surface area (Å²) in [4.78, 5) is 4.42. The van der Waals surface area contributed by atoms with Crippen molar-refractivity contribution in [1.29, 1.82) is 0 Å². The van der Waals surface area contributed by atoms with Gasteiger partial charge in [0.2, 0.25) is 5.88 Å². The maximum Gasteiger partial charge on any atom is 0.213 e. The van der Waals surface area contributed by atoms with Gasteiger partial charge < -0.3 is 10.1 Å². The van der Waals surface area contributed by atoms with Crippen molar-refractivity contribution in [3.8, 4) is 5.88 Å². The molecule has 102 valence electrons. The van der Waals surface area contributed by atoms with Gasteiger partial charge in [-0.15, -0.1) is 0 Å². The van der Waals surface area contributed by atoms with E-state index in [2.05, 4.69) is 38.0 Å². The Labute approximate surface area is 115 Å². The van der Waals surface area contributed by atoms with Crippen molar-refractivity contribution in [2.24, 2.45) is 11.8 Å². The van der Waals surface area contributed by atoms with Crippen LogP contribution in [0.2, 0.25) is 5.02 Å². The van der Waals surface area contributed by atoms with Crippen LogP contribution in [-0.2, 0) is 6.54 Å². The van der Waals surface area contributed by atoms with E-state index in [1.54, 1.807) is 0 Å². The number of ether oxygens (including phenoxy) is 1. The van der Waals surface area contributed by atoms with Crippen molar-refractivity contribution in [1.82, 2.24) is 10.3 Å². The molecule has 1 aromatic heterocycles. The third kappa shape index (κ3) is 5.69. The minimum Gasteiger partial charge on any atom is -0.477 e. The average Bonchev–Trinajstić information content (AvgIpc) is 2.29. The zero-order valence-corrected chi connectivity index (χ0v) is 12.4. The number of nitrogens with one attached hydrogen (secondary N) is 1. The van der Waals surface area contributed by atoms with E-state index in [0.717, 1.165) is 12.2 Å². The zero-order chi connectivity index (χ0) is 13.5. The van der Waals surface area contributed by atoms with E-state index in [1.165, 1.54) is 0 Å². The summed E-state index contributed by atoms with van der Waals surface area (Å²) in [6, 6.07) is 3.66. The topological polar surface area (TPSA) is 34.2 Å². The molecule has 0 amide bonds. The van der Waals surface area contributed by atoms with Crippen molar-refractivity contribution in [3.05, 3.63) is 22.8 Å². The highest BCUT2D eigenvalue weighted by molar-refractivity contribution is 6.31. The van der Waals surface area contributed by atoms with Crippen LogP contribution in [0.15, 0.2) is 12.1 Å². The van der Waals surface area contributed by atoms with E-state index in [4.69, 9.17) is 16.3 Å². The number of rotatable bonds is 7. The standard InChI is InChI=1S/C14H23ClN2O/c1-10(2)7-16-8-13-12(15)5-6-14(17-13)18-9-11(3)4/h5-6,10-11,16H,7-9H2,1-4H3. The van der Waals surface area contributed by atoms with Crippen molar-refractivity contribution >= 4 is 11.6 Å². The molecular weight excluding hydrogens is 248 g/mol. The lowest BCUT2D eigenvalue weighted by molar-refractivity contribution is 0.260. The van der Waals surface area contributed by atoms with Gasteiger partial charge in [0.1, 0.15) is 0 Å². The first-order valence-corrected chi connectivity index (χ1v) is 6.85. The van der Waals surface area contributed by atoms with Crippen LogP contribution in [0.4, 0.5) is 0 Å². The van der Waals surface area contributed by atoms with E-state index in [1.807, 2.05) is 12.1 Å². The molecule has 1 rings (SSSR count). The normalized spacial score (nSPS) is 11.3. The summed E-state index contributed by atoms with van der Waals surface area (Å²) in [5.41, 5.74) is 0.846. The first-order chi connectivity index (χ1) is 8.49. The molecule has 0 atom stereocenters. The summed E-state index contributed by atoms with van der Waals surface area (Å²) in [7, 11) is 0. The number of aromatic nitrogens is 1. The van der Waals surface area contributed by atoms with Gasteiger partial charge in [0.05, 0.1) is 17.3 Å². The van der Waals surface area contributed by atoms with E-state index < -0.39 is 0 Å². The molecule has 0 fully saturated rings. The highest BCUT2D eigenvalue weighted by Gasteiger charge is 2.06. The third-order valence-corrected chi connectivity index (χ3v) is 2.65. The first kappa shape index (κ1) is 15.3. The van der Waals surface area contributed by atoms with Crippen LogP contribution in [0.25, 0.3) is 0 Å². The lowest BCUT2D eigenvalue weighted by Crippen LogP contribution is -2.20. The van der Waals surface area contributed by atoms with Crippen LogP contribution < -0.4 is 10.1 Å². The number of halogens is 1. The minimum absolute atomic E-state index is 0.491. The molecule has 0 aromatic carbocycles. The molecule has 18 heavy (non-hydrogen) atoms. The minimum atomic E-state index is 0.491. The summed E-state index contributed by atoms with van der Waals surface area (Å²) in [5, 5.41) is 4.02. The summed E-state index contributed by atoms with van der Waals surface area (Å²) in [5.74, 6) is 1.75. The summed E-state index contributed by atoms with van der Waals surface area (Å²) < 4.78 is 5.59. The van der Waals surface area contributed by atoms with Crippen molar-refractivity contribution in [3.63, 3.8) is 0 Å². The molecular formula is C14H23ClN2O. The Morgan fingerprint density at radius 3 is 2.56 bits per heavy atom. The van der Waals surface area contributed by atoms with E-state index >= 15 is 0 Å². The largest absolute Gasteiger partial charge is 0.477 e. The average molecular weight is 271 g/mol. The highest BCUT2D eigenvalue weighted by Crippen LogP contribution is 2.18. The Hall–Kier alpha value is -0.800. The van der Waals surface area contributed by atoms with Crippen LogP contribution in [0.3, 0.4) is 0 Å². The van der Waals surface area contributed by atoms with Crippen LogP contribution in [0.5, 0.6) is 5.88 Å². The number of pyridine rings is 1. The molecule has 4 heteroatoms. The predicted molar refractivity (Wildman–Crippen MR) is 76.1 cm³/mol. The molecule has 0 bridgehead atoms. The summed E-state index contributed by atoms with van der Waals surface area (Å²) in [6.45, 7) is 10.9. The molecule has 0 saturated heterocycles. The van der Waals surface area contributed by atoms with E-state index in [0.29, 0.717) is 35.9 Å². The lowest BCUT2D eigenvalue weighted by Gasteiger charge is -2.11. The van der Waals surface area contributed by atoms with E-state index in [9.17, 15) is 0 Å². The molecule has 1 heterocycles. The quantitative estimate of drug-likeness (QED) is 0.823. The van der Waals surface area contributed by atoms with Gasteiger partial charge in [0.25, 0.3) is 0 Å². The van der Waals surface area contributed by atoms with Gasteiger partial charge in [-0.05, 0) is 24.4 Å². The van der Waals surface area contributed by atoms with Crippen LogP contribution in [-0.4, -0.2) is 18.1 Å². The van der Waals surface area contributed by atoms with Crippen molar-refractivity contribution < 1.29 is 4.74 Å². The zero-order valence-electron chi connectivity index (χ0n) is 11.7. The molecule has 0 radical (unpaired) electrons. The molecule has 0 unspecified atom stereocenters. The molecule has 1 N–H and O–H groups in total. The van der Waals surface area contributed by atoms with Crippen LogP contribution in [0.1, 0.15) is 33.4 Å². The molecule has 0 aliphatic rings. The van der Waals surface area contributed by atoms with Crippen LogP contribution >= 0.6 is 11.6 Å². The second-order valence-corrected chi connectivity index (χ2v) is 5.71. The van der Waals surface area contributed by atoms with Crippen molar-refractivity contribution in [2.75, 3.05) is 13.2 Å². The Morgan fingerprint density at radius 2 is 1.94 bits per heavy atom. The maximum atomic E-state index is 6.12. The fourth-order valence-corrected chi connectivity index (χ4v) is 1.57. The van der Waals surface area contributed by atoms with Gasteiger partial charge in [-0.25, -0.2) is 4.98 Å². The van der Waals surface area contributed by atoms with Gasteiger partial charge in [-0.2, -0.15) is 0 Å². The SMILES string of the molecule is CC(C)CNCc1nc(OCC(C)C)ccc1Cl. The van der Waals surface area contributed by atoms with Gasteiger partial charge in [-0.1, -0.05) is 39.3 Å². The summed E-state index contributed by atoms with van der Waals surface area (Å²) >= 11 is 6.12. The predicted octanol–water partition coefficient (Wildman–Crippen LogP) is 3.52. The smallest absolute Gasteiger partial charge is 0.213 e. The Balaban J connectivity index is 2.57. The molecule has 0 saturated carbocycles. The molecule has 3 nitrogen and oxygen atoms in total.